The molecule has 1 aromatic heterocycles. The molecule has 0 spiro atoms. The summed E-state index contributed by atoms with van der Waals surface area (Å²) in [6, 6.07) is 14.4. The lowest BCUT2D eigenvalue weighted by Crippen LogP contribution is -1.90. The van der Waals surface area contributed by atoms with Gasteiger partial charge in [0.05, 0.1) is 5.52 Å². The van der Waals surface area contributed by atoms with E-state index in [1.807, 2.05) is 36.9 Å². The van der Waals surface area contributed by atoms with Crippen molar-refractivity contribution in [2.75, 3.05) is 5.75 Å². The molecule has 27 heavy (non-hydrogen) atoms. The molecule has 0 atom stereocenters. The number of pyridine rings is 1. The summed E-state index contributed by atoms with van der Waals surface area (Å²) < 4.78 is 6.15. The summed E-state index contributed by atoms with van der Waals surface area (Å²) in [5, 5.41) is 1.04. The van der Waals surface area contributed by atoms with Gasteiger partial charge in [-0.15, -0.1) is 11.8 Å². The first-order valence-electron chi connectivity index (χ1n) is 9.02. The van der Waals surface area contributed by atoms with Crippen LogP contribution in [0.1, 0.15) is 25.0 Å². The van der Waals surface area contributed by atoms with Gasteiger partial charge in [0.25, 0.3) is 0 Å². The lowest BCUT2D eigenvalue weighted by atomic mass is 10.1. The van der Waals surface area contributed by atoms with Crippen molar-refractivity contribution in [3.63, 3.8) is 0 Å². The number of nitrogens with zero attached hydrogens (tertiary/aromatic N) is 1. The molecule has 3 aromatic rings. The Balaban J connectivity index is 1.74. The molecule has 0 amide bonds. The van der Waals surface area contributed by atoms with Gasteiger partial charge in [0.2, 0.25) is 0 Å². The lowest BCUT2D eigenvalue weighted by molar-refractivity contribution is 0.487. The van der Waals surface area contributed by atoms with Gasteiger partial charge in [0.15, 0.2) is 0 Å². The minimum atomic E-state index is 0.833. The molecule has 3 heteroatoms. The SMILES string of the molecule is C=C(C)/C=C(\C)CSc1ccc(Oc2ccnc3cc(C)c(C)cc23)cc1. The first kappa shape index (κ1) is 19.2. The Kier molecular flexibility index (Phi) is 6.02. The third kappa shape index (κ3) is 5.01. The number of aromatic nitrogens is 1. The van der Waals surface area contributed by atoms with Crippen molar-refractivity contribution >= 4 is 22.7 Å². The Morgan fingerprint density at radius 3 is 2.48 bits per heavy atom. The maximum atomic E-state index is 6.15. The second-order valence-electron chi connectivity index (χ2n) is 6.96. The average molecular weight is 376 g/mol. The van der Waals surface area contributed by atoms with Crippen LogP contribution in [0.3, 0.4) is 0 Å². The highest BCUT2D eigenvalue weighted by Crippen LogP contribution is 2.31. The third-order valence-electron chi connectivity index (χ3n) is 4.33. The number of benzene rings is 2. The predicted octanol–water partition coefficient (Wildman–Crippen LogP) is 7.26. The quantitative estimate of drug-likeness (QED) is 0.334. The second kappa shape index (κ2) is 8.45. The molecule has 138 valence electrons. The fourth-order valence-corrected chi connectivity index (χ4v) is 3.67. The fourth-order valence-electron chi connectivity index (χ4n) is 2.86. The second-order valence-corrected chi connectivity index (χ2v) is 8.01. The molecule has 0 bridgehead atoms. The van der Waals surface area contributed by atoms with E-state index in [2.05, 4.69) is 62.7 Å². The van der Waals surface area contributed by atoms with Crippen molar-refractivity contribution in [3.05, 3.63) is 83.6 Å². The minimum Gasteiger partial charge on any atom is -0.457 e. The molecule has 0 aliphatic heterocycles. The molecule has 0 saturated carbocycles. The molecular weight excluding hydrogens is 350 g/mol. The number of allylic oxidation sites excluding steroid dienone is 2. The average Bonchev–Trinajstić information content (AvgIpc) is 2.62. The van der Waals surface area contributed by atoms with E-state index >= 15 is 0 Å². The number of hydrogen-bond donors (Lipinski definition) is 0. The number of thioether (sulfide) groups is 1. The monoisotopic (exact) mass is 375 g/mol. The van der Waals surface area contributed by atoms with Crippen molar-refractivity contribution in [1.82, 2.24) is 4.98 Å². The lowest BCUT2D eigenvalue weighted by Gasteiger charge is -2.11. The van der Waals surface area contributed by atoms with Crippen molar-refractivity contribution in [3.8, 4) is 11.5 Å². The zero-order valence-corrected chi connectivity index (χ0v) is 17.2. The summed E-state index contributed by atoms with van der Waals surface area (Å²) in [5.41, 5.74) is 5.85. The molecule has 0 N–H and O–H groups in total. The van der Waals surface area contributed by atoms with E-state index in [1.165, 1.54) is 21.6 Å². The van der Waals surface area contributed by atoms with Gasteiger partial charge >= 0.3 is 0 Å². The minimum absolute atomic E-state index is 0.833. The Labute approximate surface area is 166 Å². The van der Waals surface area contributed by atoms with E-state index in [4.69, 9.17) is 4.74 Å². The summed E-state index contributed by atoms with van der Waals surface area (Å²) >= 11 is 1.82. The van der Waals surface area contributed by atoms with Gasteiger partial charge in [-0.2, -0.15) is 0 Å². The highest BCUT2D eigenvalue weighted by atomic mass is 32.2. The normalized spacial score (nSPS) is 11.6. The van der Waals surface area contributed by atoms with Gasteiger partial charge in [-0.1, -0.05) is 23.8 Å². The molecule has 3 rings (SSSR count). The van der Waals surface area contributed by atoms with Crippen LogP contribution in [0.25, 0.3) is 10.9 Å². The van der Waals surface area contributed by atoms with Gasteiger partial charge in [0.1, 0.15) is 11.5 Å². The molecule has 0 fully saturated rings. The Hall–Kier alpha value is -2.52. The predicted molar refractivity (Wildman–Crippen MR) is 117 cm³/mol. The van der Waals surface area contributed by atoms with Crippen LogP contribution in [0.5, 0.6) is 11.5 Å². The molecule has 0 aliphatic rings. The standard InChI is InChI=1S/C24H25NOS/c1-16(2)12-17(3)15-27-21-8-6-20(7-9-21)26-24-10-11-25-23-14-19(5)18(4)13-22(23)24/h6-14H,1,15H2,2-5H3/b17-12+. The highest BCUT2D eigenvalue weighted by molar-refractivity contribution is 7.99. The summed E-state index contributed by atoms with van der Waals surface area (Å²) in [4.78, 5) is 5.69. The highest BCUT2D eigenvalue weighted by Gasteiger charge is 2.07. The van der Waals surface area contributed by atoms with E-state index < -0.39 is 0 Å². The van der Waals surface area contributed by atoms with E-state index in [0.717, 1.165) is 33.7 Å². The topological polar surface area (TPSA) is 22.1 Å². The van der Waals surface area contributed by atoms with Crippen molar-refractivity contribution in [2.24, 2.45) is 0 Å². The van der Waals surface area contributed by atoms with Crippen LogP contribution in [0.15, 0.2) is 77.4 Å². The number of fused-ring (bicyclic) bond motifs is 1. The van der Waals surface area contributed by atoms with Gasteiger partial charge in [-0.05, 0) is 81.3 Å². The molecule has 0 unspecified atom stereocenters. The molecule has 1 heterocycles. The number of hydrogen-bond acceptors (Lipinski definition) is 3. The molecular formula is C24H25NOS. The third-order valence-corrected chi connectivity index (χ3v) is 5.53. The number of rotatable bonds is 6. The fraction of sp³-hybridized carbons (Fsp3) is 0.208. The van der Waals surface area contributed by atoms with Gasteiger partial charge in [-0.3, -0.25) is 4.98 Å². The largest absolute Gasteiger partial charge is 0.457 e. The molecule has 2 nitrogen and oxygen atoms in total. The van der Waals surface area contributed by atoms with Crippen LogP contribution in [0, 0.1) is 13.8 Å². The zero-order chi connectivity index (χ0) is 19.4. The molecule has 2 aromatic carbocycles. The van der Waals surface area contributed by atoms with E-state index in [0.29, 0.717) is 0 Å². The van der Waals surface area contributed by atoms with Crippen molar-refractivity contribution in [1.29, 1.82) is 0 Å². The summed E-state index contributed by atoms with van der Waals surface area (Å²) in [6.45, 7) is 12.3. The van der Waals surface area contributed by atoms with Crippen LogP contribution in [0.4, 0.5) is 0 Å². The number of ether oxygens (including phenoxy) is 1. The van der Waals surface area contributed by atoms with Crippen molar-refractivity contribution < 1.29 is 4.74 Å². The zero-order valence-electron chi connectivity index (χ0n) is 16.4. The number of aryl methyl sites for hydroxylation is 2. The van der Waals surface area contributed by atoms with Crippen LogP contribution >= 0.6 is 11.8 Å². The summed E-state index contributed by atoms with van der Waals surface area (Å²) in [7, 11) is 0. The van der Waals surface area contributed by atoms with Gasteiger partial charge < -0.3 is 4.74 Å². The van der Waals surface area contributed by atoms with E-state index in [-0.39, 0.29) is 0 Å². The van der Waals surface area contributed by atoms with E-state index in [9.17, 15) is 0 Å². The Bertz CT molecular complexity index is 1000. The van der Waals surface area contributed by atoms with E-state index in [1.54, 1.807) is 6.20 Å². The maximum Gasteiger partial charge on any atom is 0.138 e. The summed E-state index contributed by atoms with van der Waals surface area (Å²) in [5.74, 6) is 2.63. The van der Waals surface area contributed by atoms with Crippen LogP contribution in [-0.4, -0.2) is 10.7 Å². The molecule has 0 radical (unpaired) electrons. The maximum absolute atomic E-state index is 6.15. The smallest absolute Gasteiger partial charge is 0.138 e. The Morgan fingerprint density at radius 2 is 1.78 bits per heavy atom. The Morgan fingerprint density at radius 1 is 1.07 bits per heavy atom. The summed E-state index contributed by atoms with van der Waals surface area (Å²) in [6.07, 6.45) is 3.93. The van der Waals surface area contributed by atoms with Crippen LogP contribution < -0.4 is 4.74 Å². The van der Waals surface area contributed by atoms with Crippen molar-refractivity contribution in [2.45, 2.75) is 32.6 Å². The van der Waals surface area contributed by atoms with Gasteiger partial charge in [0, 0.05) is 22.2 Å². The first-order valence-corrected chi connectivity index (χ1v) is 10.0. The van der Waals surface area contributed by atoms with Crippen LogP contribution in [0.2, 0.25) is 0 Å². The van der Waals surface area contributed by atoms with Gasteiger partial charge in [-0.25, -0.2) is 0 Å². The van der Waals surface area contributed by atoms with Crippen LogP contribution in [-0.2, 0) is 0 Å². The molecule has 0 aliphatic carbocycles. The molecule has 0 saturated heterocycles. The first-order chi connectivity index (χ1) is 12.9.